The molecule has 0 aromatic carbocycles. The third kappa shape index (κ3) is 3.25. The van der Waals surface area contributed by atoms with Crippen LogP contribution in [-0.4, -0.2) is 18.1 Å². The van der Waals surface area contributed by atoms with Crippen LogP contribution in [0.1, 0.15) is 64.7 Å². The molecule has 2 fully saturated rings. The van der Waals surface area contributed by atoms with Gasteiger partial charge >= 0.3 is 5.97 Å². The Morgan fingerprint density at radius 1 is 1.11 bits per heavy atom. The van der Waals surface area contributed by atoms with E-state index in [0.717, 1.165) is 38.5 Å². The molecular weight excluding hydrogens is 226 g/mol. The van der Waals surface area contributed by atoms with Gasteiger partial charge in [-0.3, -0.25) is 4.79 Å². The van der Waals surface area contributed by atoms with Gasteiger partial charge in [0.05, 0.1) is 5.92 Å². The number of rotatable bonds is 3. The van der Waals surface area contributed by atoms with Crippen LogP contribution in [0.25, 0.3) is 0 Å². The average molecular weight is 253 g/mol. The first-order chi connectivity index (χ1) is 8.72. The maximum Gasteiger partial charge on any atom is 0.310 e. The summed E-state index contributed by atoms with van der Waals surface area (Å²) in [6.45, 7) is 2.20. The fourth-order valence-electron chi connectivity index (χ4n) is 3.48. The van der Waals surface area contributed by atoms with Crippen LogP contribution in [0.4, 0.5) is 0 Å². The lowest BCUT2D eigenvalue weighted by Crippen LogP contribution is -2.41. The molecule has 2 aliphatic rings. The fourth-order valence-corrected chi connectivity index (χ4v) is 3.48. The van der Waals surface area contributed by atoms with Crippen molar-refractivity contribution in [3.05, 3.63) is 0 Å². The molecule has 0 radical (unpaired) electrons. The predicted octanol–water partition coefficient (Wildman–Crippen LogP) is 3.02. The zero-order chi connectivity index (χ0) is 13.0. The van der Waals surface area contributed by atoms with Gasteiger partial charge < -0.3 is 10.5 Å². The molecule has 0 spiro atoms. The zero-order valence-corrected chi connectivity index (χ0v) is 11.6. The Balaban J connectivity index is 1.88. The standard InChI is InChI=1S/C15H27NO2/c1-2-11-7-3-6-10-14(11)18-15(17)12-8-4-5-9-13(12)16/h11-14H,2-10,16H2,1H3. The summed E-state index contributed by atoms with van der Waals surface area (Å²) in [5.41, 5.74) is 6.05. The minimum absolute atomic E-state index is 0.0208. The largest absolute Gasteiger partial charge is 0.462 e. The smallest absolute Gasteiger partial charge is 0.310 e. The summed E-state index contributed by atoms with van der Waals surface area (Å²) >= 11 is 0. The Labute approximate surface area is 110 Å². The number of hydrogen-bond donors (Lipinski definition) is 1. The first-order valence-electron chi connectivity index (χ1n) is 7.68. The number of carbonyl (C=O) groups excluding carboxylic acids is 1. The normalized spacial score (nSPS) is 37.2. The molecule has 2 saturated carbocycles. The van der Waals surface area contributed by atoms with Gasteiger partial charge in [-0.2, -0.15) is 0 Å². The molecule has 0 aromatic rings. The van der Waals surface area contributed by atoms with Crippen LogP contribution in [0, 0.1) is 11.8 Å². The lowest BCUT2D eigenvalue weighted by molar-refractivity contribution is -0.160. The van der Waals surface area contributed by atoms with Gasteiger partial charge in [0, 0.05) is 6.04 Å². The van der Waals surface area contributed by atoms with Crippen LogP contribution in [0.3, 0.4) is 0 Å². The molecule has 0 aromatic heterocycles. The molecule has 0 heterocycles. The van der Waals surface area contributed by atoms with Crippen molar-refractivity contribution in [1.29, 1.82) is 0 Å². The summed E-state index contributed by atoms with van der Waals surface area (Å²) in [4.78, 5) is 12.2. The minimum atomic E-state index is -0.0433. The van der Waals surface area contributed by atoms with Gasteiger partial charge in [-0.15, -0.1) is 0 Å². The van der Waals surface area contributed by atoms with E-state index in [1.165, 1.54) is 19.3 Å². The Hall–Kier alpha value is -0.570. The van der Waals surface area contributed by atoms with Crippen molar-refractivity contribution in [2.75, 3.05) is 0 Å². The lowest BCUT2D eigenvalue weighted by atomic mass is 9.83. The van der Waals surface area contributed by atoms with Crippen LogP contribution in [0.2, 0.25) is 0 Å². The zero-order valence-electron chi connectivity index (χ0n) is 11.6. The van der Waals surface area contributed by atoms with E-state index in [0.29, 0.717) is 5.92 Å². The Morgan fingerprint density at radius 2 is 1.78 bits per heavy atom. The second kappa shape index (κ2) is 6.55. The maximum absolute atomic E-state index is 12.2. The van der Waals surface area contributed by atoms with Crippen LogP contribution in [0.15, 0.2) is 0 Å². The van der Waals surface area contributed by atoms with Crippen molar-refractivity contribution >= 4 is 5.97 Å². The van der Waals surface area contributed by atoms with E-state index in [2.05, 4.69) is 6.92 Å². The predicted molar refractivity (Wildman–Crippen MR) is 72.1 cm³/mol. The summed E-state index contributed by atoms with van der Waals surface area (Å²) in [5, 5.41) is 0. The highest BCUT2D eigenvalue weighted by atomic mass is 16.5. The summed E-state index contributed by atoms with van der Waals surface area (Å²) < 4.78 is 5.79. The number of esters is 1. The SMILES string of the molecule is CCC1CCCCC1OC(=O)C1CCCCC1N. The van der Waals surface area contributed by atoms with Crippen molar-refractivity contribution in [2.45, 2.75) is 76.9 Å². The topological polar surface area (TPSA) is 52.3 Å². The highest BCUT2D eigenvalue weighted by molar-refractivity contribution is 5.73. The molecule has 0 amide bonds. The highest BCUT2D eigenvalue weighted by Gasteiger charge is 2.33. The summed E-state index contributed by atoms with van der Waals surface area (Å²) in [7, 11) is 0. The van der Waals surface area contributed by atoms with Gasteiger partial charge in [0.2, 0.25) is 0 Å². The van der Waals surface area contributed by atoms with Crippen molar-refractivity contribution in [1.82, 2.24) is 0 Å². The number of ether oxygens (including phenoxy) is 1. The molecule has 4 unspecified atom stereocenters. The van der Waals surface area contributed by atoms with Crippen molar-refractivity contribution < 1.29 is 9.53 Å². The monoisotopic (exact) mass is 253 g/mol. The average Bonchev–Trinajstić information content (AvgIpc) is 2.39. The van der Waals surface area contributed by atoms with Crippen molar-refractivity contribution in [3.63, 3.8) is 0 Å². The van der Waals surface area contributed by atoms with Crippen LogP contribution in [0.5, 0.6) is 0 Å². The van der Waals surface area contributed by atoms with Crippen LogP contribution < -0.4 is 5.73 Å². The Bertz CT molecular complexity index is 280. The van der Waals surface area contributed by atoms with Gasteiger partial charge in [0.25, 0.3) is 0 Å². The highest BCUT2D eigenvalue weighted by Crippen LogP contribution is 2.31. The second-order valence-electron chi connectivity index (χ2n) is 5.98. The van der Waals surface area contributed by atoms with Crippen molar-refractivity contribution in [3.8, 4) is 0 Å². The lowest BCUT2D eigenvalue weighted by Gasteiger charge is -2.33. The van der Waals surface area contributed by atoms with E-state index in [-0.39, 0.29) is 24.0 Å². The number of nitrogens with two attached hydrogens (primary N) is 1. The molecule has 3 nitrogen and oxygen atoms in total. The molecule has 0 bridgehead atoms. The first-order valence-corrected chi connectivity index (χ1v) is 7.68. The van der Waals surface area contributed by atoms with Gasteiger partial charge in [-0.05, 0) is 44.4 Å². The van der Waals surface area contributed by atoms with Gasteiger partial charge in [-0.1, -0.05) is 26.2 Å². The third-order valence-electron chi connectivity index (χ3n) is 4.75. The molecule has 104 valence electrons. The quantitative estimate of drug-likeness (QED) is 0.787. The molecular formula is C15H27NO2. The van der Waals surface area contributed by atoms with Gasteiger partial charge in [0.15, 0.2) is 0 Å². The van der Waals surface area contributed by atoms with Gasteiger partial charge in [0.1, 0.15) is 6.10 Å². The van der Waals surface area contributed by atoms with E-state index in [1.807, 2.05) is 0 Å². The van der Waals surface area contributed by atoms with E-state index in [4.69, 9.17) is 10.5 Å². The van der Waals surface area contributed by atoms with E-state index < -0.39 is 0 Å². The van der Waals surface area contributed by atoms with E-state index in [1.54, 1.807) is 0 Å². The number of carbonyl (C=O) groups is 1. The first kappa shape index (κ1) is 13.9. The molecule has 2 rings (SSSR count). The van der Waals surface area contributed by atoms with E-state index in [9.17, 15) is 4.79 Å². The Kier molecular flexibility index (Phi) is 5.04. The number of hydrogen-bond acceptors (Lipinski definition) is 3. The van der Waals surface area contributed by atoms with Gasteiger partial charge in [-0.25, -0.2) is 0 Å². The molecule has 2 aliphatic carbocycles. The summed E-state index contributed by atoms with van der Waals surface area (Å²) in [5.74, 6) is 0.508. The molecule has 0 saturated heterocycles. The minimum Gasteiger partial charge on any atom is -0.462 e. The van der Waals surface area contributed by atoms with Crippen LogP contribution in [-0.2, 0) is 9.53 Å². The summed E-state index contributed by atoms with van der Waals surface area (Å²) in [6, 6.07) is 0.0231. The second-order valence-corrected chi connectivity index (χ2v) is 5.98. The maximum atomic E-state index is 12.2. The summed E-state index contributed by atoms with van der Waals surface area (Å²) in [6.07, 6.45) is 10.2. The molecule has 3 heteroatoms. The molecule has 2 N–H and O–H groups in total. The third-order valence-corrected chi connectivity index (χ3v) is 4.75. The molecule has 4 atom stereocenters. The van der Waals surface area contributed by atoms with Crippen LogP contribution >= 0.6 is 0 Å². The fraction of sp³-hybridized carbons (Fsp3) is 0.933. The molecule has 0 aliphatic heterocycles. The Morgan fingerprint density at radius 3 is 2.50 bits per heavy atom. The van der Waals surface area contributed by atoms with Crippen molar-refractivity contribution in [2.24, 2.45) is 17.6 Å². The molecule has 18 heavy (non-hydrogen) atoms. The van der Waals surface area contributed by atoms with E-state index >= 15 is 0 Å².